The number of piperazine rings is 1. The summed E-state index contributed by atoms with van der Waals surface area (Å²) in [6.45, 7) is 3.88. The van der Waals surface area contributed by atoms with E-state index in [2.05, 4.69) is 26.3 Å². The molecule has 2 aromatic heterocycles. The topological polar surface area (TPSA) is 67.1 Å². The maximum Gasteiger partial charge on any atom is 0.222 e. The van der Waals surface area contributed by atoms with E-state index < -0.39 is 0 Å². The van der Waals surface area contributed by atoms with E-state index in [0.717, 1.165) is 61.3 Å². The Hall–Kier alpha value is -1.37. The van der Waals surface area contributed by atoms with Crippen molar-refractivity contribution in [2.24, 2.45) is 0 Å². The molecule has 3 heterocycles. The molecule has 1 aliphatic heterocycles. The van der Waals surface area contributed by atoms with E-state index >= 15 is 0 Å². The van der Waals surface area contributed by atoms with Crippen LogP contribution < -0.4 is 16.0 Å². The van der Waals surface area contributed by atoms with E-state index in [4.69, 9.17) is 17.3 Å². The summed E-state index contributed by atoms with van der Waals surface area (Å²) in [6, 6.07) is 4.13. The number of nitrogen functional groups attached to an aromatic ring is 1. The van der Waals surface area contributed by atoms with Crippen molar-refractivity contribution < 1.29 is 0 Å². The van der Waals surface area contributed by atoms with Crippen LogP contribution in [0, 0.1) is 0 Å². The van der Waals surface area contributed by atoms with Gasteiger partial charge < -0.3 is 16.0 Å². The molecule has 0 radical (unpaired) electrons. The molecule has 0 spiro atoms. The molecule has 3 N–H and O–H groups in total. The average molecular weight is 350 g/mol. The van der Waals surface area contributed by atoms with Crippen molar-refractivity contribution in [3.05, 3.63) is 32.6 Å². The first-order chi connectivity index (χ1) is 11.2. The van der Waals surface area contributed by atoms with E-state index in [1.165, 1.54) is 10.4 Å². The van der Waals surface area contributed by atoms with Crippen LogP contribution in [-0.2, 0) is 6.42 Å². The van der Waals surface area contributed by atoms with Gasteiger partial charge in [-0.05, 0) is 31.4 Å². The summed E-state index contributed by atoms with van der Waals surface area (Å²) in [5.41, 5.74) is 8.38. The molecule has 122 valence electrons. The van der Waals surface area contributed by atoms with Gasteiger partial charge in [-0.1, -0.05) is 11.6 Å². The first kappa shape index (κ1) is 15.2. The third-order valence-corrected chi connectivity index (χ3v) is 5.98. The molecular formula is C16H20ClN5S. The molecule has 4 rings (SSSR count). The zero-order valence-corrected chi connectivity index (χ0v) is 14.5. The fourth-order valence-corrected chi connectivity index (χ4v) is 4.81. The highest BCUT2D eigenvalue weighted by Crippen LogP contribution is 2.43. The van der Waals surface area contributed by atoms with Gasteiger partial charge in [0.05, 0.1) is 10.0 Å². The van der Waals surface area contributed by atoms with Crippen molar-refractivity contribution in [2.75, 3.05) is 36.8 Å². The van der Waals surface area contributed by atoms with Crippen LogP contribution in [0.15, 0.2) is 12.1 Å². The van der Waals surface area contributed by atoms with Crippen LogP contribution in [0.2, 0.25) is 4.34 Å². The number of hydrogen-bond donors (Lipinski definition) is 2. The number of thiophene rings is 1. The van der Waals surface area contributed by atoms with Gasteiger partial charge >= 0.3 is 0 Å². The minimum absolute atomic E-state index is 0.335. The maximum absolute atomic E-state index is 6.17. The molecule has 5 nitrogen and oxygen atoms in total. The molecule has 1 saturated heterocycles. The molecule has 7 heteroatoms. The van der Waals surface area contributed by atoms with Crippen LogP contribution in [0.1, 0.15) is 34.9 Å². The van der Waals surface area contributed by atoms with E-state index in [0.29, 0.717) is 11.9 Å². The Labute approximate surface area is 144 Å². The summed E-state index contributed by atoms with van der Waals surface area (Å²) in [5.74, 6) is 1.76. The summed E-state index contributed by atoms with van der Waals surface area (Å²) in [5, 5.41) is 3.39. The quantitative estimate of drug-likeness (QED) is 0.872. The monoisotopic (exact) mass is 349 g/mol. The van der Waals surface area contributed by atoms with E-state index in [-0.39, 0.29) is 0 Å². The van der Waals surface area contributed by atoms with Gasteiger partial charge in [-0.2, -0.15) is 4.98 Å². The standard InChI is InChI=1S/C16H20ClN5S/c17-13-5-4-12(23-13)10-2-1-3-11-14(10)15(21-16(18)20-11)22-8-6-19-7-9-22/h4-5,10,19H,1-3,6-9H2,(H2,18,20,21). The Morgan fingerprint density at radius 2 is 2.09 bits per heavy atom. The number of aromatic nitrogens is 2. The molecule has 0 aromatic carbocycles. The zero-order chi connectivity index (χ0) is 15.8. The molecule has 23 heavy (non-hydrogen) atoms. The summed E-state index contributed by atoms with van der Waals surface area (Å²) >= 11 is 7.83. The highest BCUT2D eigenvalue weighted by atomic mass is 35.5. The Morgan fingerprint density at radius 3 is 2.83 bits per heavy atom. The second kappa shape index (κ2) is 6.26. The van der Waals surface area contributed by atoms with Gasteiger partial charge in [0.25, 0.3) is 0 Å². The minimum atomic E-state index is 0.335. The molecule has 1 unspecified atom stereocenters. The van der Waals surface area contributed by atoms with Crippen LogP contribution >= 0.6 is 22.9 Å². The molecule has 1 aliphatic carbocycles. The van der Waals surface area contributed by atoms with Crippen molar-refractivity contribution in [3.8, 4) is 0 Å². The fourth-order valence-electron chi connectivity index (χ4n) is 3.60. The summed E-state index contributed by atoms with van der Waals surface area (Å²) in [6.07, 6.45) is 3.23. The van der Waals surface area contributed by atoms with Crippen LogP contribution in [0.3, 0.4) is 0 Å². The zero-order valence-electron chi connectivity index (χ0n) is 12.9. The molecule has 0 bridgehead atoms. The number of nitrogens with zero attached hydrogens (tertiary/aromatic N) is 3. The summed E-state index contributed by atoms with van der Waals surface area (Å²) in [7, 11) is 0. The summed E-state index contributed by atoms with van der Waals surface area (Å²) in [4.78, 5) is 12.8. The Bertz CT molecular complexity index is 710. The lowest BCUT2D eigenvalue weighted by molar-refractivity contribution is 0.566. The van der Waals surface area contributed by atoms with Gasteiger partial charge in [-0.3, -0.25) is 0 Å². The first-order valence-electron chi connectivity index (χ1n) is 8.09. The lowest BCUT2D eigenvalue weighted by atomic mass is 9.84. The van der Waals surface area contributed by atoms with Crippen molar-refractivity contribution in [3.63, 3.8) is 0 Å². The van der Waals surface area contributed by atoms with Gasteiger partial charge in [-0.15, -0.1) is 11.3 Å². The predicted molar refractivity (Wildman–Crippen MR) is 95.6 cm³/mol. The highest BCUT2D eigenvalue weighted by molar-refractivity contribution is 7.16. The van der Waals surface area contributed by atoms with Crippen molar-refractivity contribution in [1.82, 2.24) is 15.3 Å². The number of nitrogens with two attached hydrogens (primary N) is 1. The second-order valence-electron chi connectivity index (χ2n) is 6.09. The minimum Gasteiger partial charge on any atom is -0.368 e. The van der Waals surface area contributed by atoms with Gasteiger partial charge in [0.15, 0.2) is 0 Å². The van der Waals surface area contributed by atoms with Crippen LogP contribution in [-0.4, -0.2) is 36.1 Å². The number of fused-ring (bicyclic) bond motifs is 1. The van der Waals surface area contributed by atoms with Gasteiger partial charge in [-0.25, -0.2) is 4.98 Å². The number of rotatable bonds is 2. The predicted octanol–water partition coefficient (Wildman–Crippen LogP) is 2.65. The normalized spacial score (nSPS) is 21.3. The molecule has 1 atom stereocenters. The molecule has 0 amide bonds. The molecule has 1 fully saturated rings. The van der Waals surface area contributed by atoms with Gasteiger partial charge in [0.2, 0.25) is 5.95 Å². The Kier molecular flexibility index (Phi) is 4.13. The third-order valence-electron chi connectivity index (χ3n) is 4.63. The smallest absolute Gasteiger partial charge is 0.222 e. The third kappa shape index (κ3) is 2.91. The molecule has 2 aromatic rings. The van der Waals surface area contributed by atoms with E-state index in [1.807, 2.05) is 6.07 Å². The SMILES string of the molecule is Nc1nc2c(c(N3CCNCC3)n1)C(c1ccc(Cl)s1)CCC2. The number of nitrogens with one attached hydrogen (secondary N) is 1. The first-order valence-corrected chi connectivity index (χ1v) is 9.29. The van der Waals surface area contributed by atoms with Crippen molar-refractivity contribution in [1.29, 1.82) is 0 Å². The molecular weight excluding hydrogens is 330 g/mol. The molecule has 2 aliphatic rings. The van der Waals surface area contributed by atoms with E-state index in [1.54, 1.807) is 11.3 Å². The summed E-state index contributed by atoms with van der Waals surface area (Å²) < 4.78 is 0.840. The number of hydrogen-bond acceptors (Lipinski definition) is 6. The van der Waals surface area contributed by atoms with Gasteiger partial charge in [0, 0.05) is 42.5 Å². The average Bonchev–Trinajstić information content (AvgIpc) is 3.00. The largest absolute Gasteiger partial charge is 0.368 e. The van der Waals surface area contributed by atoms with Crippen LogP contribution in [0.5, 0.6) is 0 Å². The lowest BCUT2D eigenvalue weighted by Crippen LogP contribution is -2.44. The molecule has 0 saturated carbocycles. The van der Waals surface area contributed by atoms with Gasteiger partial charge in [0.1, 0.15) is 5.82 Å². The van der Waals surface area contributed by atoms with Crippen LogP contribution in [0.4, 0.5) is 11.8 Å². The number of anilines is 2. The Balaban J connectivity index is 1.82. The number of halogens is 1. The van der Waals surface area contributed by atoms with Crippen molar-refractivity contribution >= 4 is 34.7 Å². The lowest BCUT2D eigenvalue weighted by Gasteiger charge is -2.34. The highest BCUT2D eigenvalue weighted by Gasteiger charge is 2.30. The Morgan fingerprint density at radius 1 is 1.26 bits per heavy atom. The van der Waals surface area contributed by atoms with E-state index in [9.17, 15) is 0 Å². The maximum atomic E-state index is 6.17. The fraction of sp³-hybridized carbons (Fsp3) is 0.500. The van der Waals surface area contributed by atoms with Crippen molar-refractivity contribution in [2.45, 2.75) is 25.2 Å². The number of aryl methyl sites for hydroxylation is 1. The second-order valence-corrected chi connectivity index (χ2v) is 7.84. The van der Waals surface area contributed by atoms with Crippen LogP contribution in [0.25, 0.3) is 0 Å².